The molecule has 3 N–H and O–H groups in total. The zero-order valence-corrected chi connectivity index (χ0v) is 9.43. The average molecular weight is 239 g/mol. The molecule has 92 valence electrons. The second kappa shape index (κ2) is 5.83. The molecule has 0 aromatic heterocycles. The zero-order chi connectivity index (χ0) is 12.8. The number of halogens is 1. The molecule has 0 atom stereocenters. The van der Waals surface area contributed by atoms with E-state index in [4.69, 9.17) is 10.9 Å². The first kappa shape index (κ1) is 13.0. The molecule has 1 aromatic rings. The summed E-state index contributed by atoms with van der Waals surface area (Å²) < 4.78 is 13.4. The normalized spacial score (nSPS) is 11.3. The predicted octanol–water partition coefficient (Wildman–Crippen LogP) is 1.03. The van der Waals surface area contributed by atoms with Crippen molar-refractivity contribution in [3.63, 3.8) is 0 Å². The van der Waals surface area contributed by atoms with Gasteiger partial charge in [0.05, 0.1) is 12.1 Å². The molecule has 0 heterocycles. The Balaban J connectivity index is 2.91. The Morgan fingerprint density at radius 1 is 1.53 bits per heavy atom. The topological polar surface area (TPSA) is 78.9 Å². The summed E-state index contributed by atoms with van der Waals surface area (Å²) in [5.41, 5.74) is 5.29. The van der Waals surface area contributed by atoms with E-state index in [0.29, 0.717) is 6.54 Å². The Kier molecular flexibility index (Phi) is 4.45. The molecule has 0 radical (unpaired) electrons. The Morgan fingerprint density at radius 3 is 2.71 bits per heavy atom. The highest BCUT2D eigenvalue weighted by Gasteiger charge is 2.18. The third-order valence-corrected chi connectivity index (χ3v) is 2.25. The minimum absolute atomic E-state index is 0.0277. The van der Waals surface area contributed by atoms with Crippen LogP contribution >= 0.6 is 0 Å². The number of likely N-dealkylation sites (N-methyl/N-ethyl adjacent to an activating group) is 1. The highest BCUT2D eigenvalue weighted by molar-refractivity contribution is 5.97. The lowest BCUT2D eigenvalue weighted by molar-refractivity contribution is 0.0781. The lowest BCUT2D eigenvalue weighted by Crippen LogP contribution is -2.38. The van der Waals surface area contributed by atoms with Crippen LogP contribution in [0.25, 0.3) is 0 Å². The maximum absolute atomic E-state index is 13.4. The highest BCUT2D eigenvalue weighted by Crippen LogP contribution is 2.09. The van der Waals surface area contributed by atoms with Crippen LogP contribution in [0.4, 0.5) is 4.39 Å². The van der Waals surface area contributed by atoms with Crippen LogP contribution in [0.15, 0.2) is 29.4 Å². The van der Waals surface area contributed by atoms with Crippen molar-refractivity contribution in [2.24, 2.45) is 10.9 Å². The molecule has 0 saturated heterocycles. The van der Waals surface area contributed by atoms with E-state index in [0.717, 1.165) is 0 Å². The van der Waals surface area contributed by atoms with E-state index in [2.05, 4.69) is 5.16 Å². The van der Waals surface area contributed by atoms with Crippen molar-refractivity contribution in [2.45, 2.75) is 6.92 Å². The maximum Gasteiger partial charge on any atom is 0.257 e. The first-order valence-corrected chi connectivity index (χ1v) is 5.10. The van der Waals surface area contributed by atoms with Crippen molar-refractivity contribution >= 4 is 11.7 Å². The molecule has 1 rings (SSSR count). The molecule has 6 heteroatoms. The minimum atomic E-state index is -0.588. The van der Waals surface area contributed by atoms with Gasteiger partial charge in [-0.1, -0.05) is 17.3 Å². The summed E-state index contributed by atoms with van der Waals surface area (Å²) in [7, 11) is 0. The molecule has 0 aliphatic heterocycles. The summed E-state index contributed by atoms with van der Waals surface area (Å²) in [6, 6.07) is 5.69. The summed E-state index contributed by atoms with van der Waals surface area (Å²) in [5.74, 6) is -1.18. The minimum Gasteiger partial charge on any atom is -0.409 e. The van der Waals surface area contributed by atoms with E-state index in [1.54, 1.807) is 13.0 Å². The van der Waals surface area contributed by atoms with Gasteiger partial charge in [-0.05, 0) is 19.1 Å². The first-order valence-electron chi connectivity index (χ1n) is 5.10. The number of amides is 1. The number of hydrogen-bond donors (Lipinski definition) is 2. The number of carbonyl (C=O) groups is 1. The van der Waals surface area contributed by atoms with Crippen LogP contribution in [0.1, 0.15) is 17.3 Å². The third kappa shape index (κ3) is 3.17. The highest BCUT2D eigenvalue weighted by atomic mass is 19.1. The number of oxime groups is 1. The van der Waals surface area contributed by atoms with E-state index in [1.165, 1.54) is 23.1 Å². The Hall–Kier alpha value is -2.11. The van der Waals surface area contributed by atoms with Gasteiger partial charge >= 0.3 is 0 Å². The van der Waals surface area contributed by atoms with Gasteiger partial charge in [0.1, 0.15) is 5.82 Å². The van der Waals surface area contributed by atoms with Gasteiger partial charge in [-0.2, -0.15) is 0 Å². The lowest BCUT2D eigenvalue weighted by atomic mass is 10.2. The van der Waals surface area contributed by atoms with E-state index < -0.39 is 11.7 Å². The van der Waals surface area contributed by atoms with Crippen molar-refractivity contribution in [2.75, 3.05) is 13.1 Å². The van der Waals surface area contributed by atoms with Crippen molar-refractivity contribution in [3.05, 3.63) is 35.6 Å². The second-order valence-corrected chi connectivity index (χ2v) is 3.39. The van der Waals surface area contributed by atoms with E-state index in [-0.39, 0.29) is 17.9 Å². The van der Waals surface area contributed by atoms with E-state index in [9.17, 15) is 9.18 Å². The number of hydrogen-bond acceptors (Lipinski definition) is 3. The fraction of sp³-hybridized carbons (Fsp3) is 0.273. The van der Waals surface area contributed by atoms with Gasteiger partial charge < -0.3 is 15.8 Å². The smallest absolute Gasteiger partial charge is 0.257 e. The van der Waals surface area contributed by atoms with Crippen LogP contribution < -0.4 is 5.73 Å². The number of rotatable bonds is 4. The van der Waals surface area contributed by atoms with Gasteiger partial charge in [-0.15, -0.1) is 0 Å². The van der Waals surface area contributed by atoms with Crippen molar-refractivity contribution in [3.8, 4) is 0 Å². The van der Waals surface area contributed by atoms with Crippen LogP contribution in [0.2, 0.25) is 0 Å². The molecule has 1 aromatic carbocycles. The largest absolute Gasteiger partial charge is 0.409 e. The summed E-state index contributed by atoms with van der Waals surface area (Å²) in [5, 5.41) is 11.2. The Labute approximate surface area is 98.3 Å². The number of nitrogens with zero attached hydrogens (tertiary/aromatic N) is 2. The summed E-state index contributed by atoms with van der Waals surface area (Å²) in [6.45, 7) is 2.02. The van der Waals surface area contributed by atoms with Crippen LogP contribution in [0.3, 0.4) is 0 Å². The molecule has 17 heavy (non-hydrogen) atoms. The molecular formula is C11H14FN3O2. The molecule has 0 bridgehead atoms. The quantitative estimate of drug-likeness (QED) is 0.356. The van der Waals surface area contributed by atoms with Gasteiger partial charge in [0, 0.05) is 6.54 Å². The molecule has 0 fully saturated rings. The molecule has 0 unspecified atom stereocenters. The SMILES string of the molecule is CCN(CC(N)=NO)C(=O)c1ccccc1F. The zero-order valence-electron chi connectivity index (χ0n) is 9.43. The first-order chi connectivity index (χ1) is 8.10. The molecule has 0 spiro atoms. The van der Waals surface area contributed by atoms with Crippen LogP contribution in [-0.2, 0) is 0 Å². The van der Waals surface area contributed by atoms with E-state index >= 15 is 0 Å². The molecule has 5 nitrogen and oxygen atoms in total. The Bertz CT molecular complexity index is 434. The third-order valence-electron chi connectivity index (χ3n) is 2.25. The Morgan fingerprint density at radius 2 is 2.18 bits per heavy atom. The molecule has 0 aliphatic rings. The number of carbonyl (C=O) groups excluding carboxylic acids is 1. The van der Waals surface area contributed by atoms with Gasteiger partial charge in [0.2, 0.25) is 0 Å². The summed E-state index contributed by atoms with van der Waals surface area (Å²) in [6.07, 6.45) is 0. The standard InChI is InChI=1S/C11H14FN3O2/c1-2-15(7-10(13)14-17)11(16)8-5-3-4-6-9(8)12/h3-6,17H,2,7H2,1H3,(H2,13,14). The number of amidine groups is 1. The molecule has 0 saturated carbocycles. The van der Waals surface area contributed by atoms with Crippen LogP contribution in [-0.4, -0.2) is 34.9 Å². The van der Waals surface area contributed by atoms with Crippen molar-refractivity contribution in [1.29, 1.82) is 0 Å². The fourth-order valence-corrected chi connectivity index (χ4v) is 1.36. The summed E-state index contributed by atoms with van der Waals surface area (Å²) in [4.78, 5) is 13.2. The maximum atomic E-state index is 13.4. The van der Waals surface area contributed by atoms with Crippen molar-refractivity contribution in [1.82, 2.24) is 4.90 Å². The average Bonchev–Trinajstić information content (AvgIpc) is 2.35. The lowest BCUT2D eigenvalue weighted by Gasteiger charge is -2.20. The molecule has 0 aliphatic carbocycles. The second-order valence-electron chi connectivity index (χ2n) is 3.39. The van der Waals surface area contributed by atoms with Crippen LogP contribution in [0.5, 0.6) is 0 Å². The van der Waals surface area contributed by atoms with E-state index in [1.807, 2.05) is 0 Å². The number of benzene rings is 1. The number of nitrogens with two attached hydrogens (primary N) is 1. The van der Waals surface area contributed by atoms with Crippen LogP contribution in [0, 0.1) is 5.82 Å². The fourth-order valence-electron chi connectivity index (χ4n) is 1.36. The van der Waals surface area contributed by atoms with Gasteiger partial charge in [-0.3, -0.25) is 4.79 Å². The molecule has 1 amide bonds. The monoisotopic (exact) mass is 239 g/mol. The summed E-state index contributed by atoms with van der Waals surface area (Å²) >= 11 is 0. The predicted molar refractivity (Wildman–Crippen MR) is 61.4 cm³/mol. The van der Waals surface area contributed by atoms with Gasteiger partial charge in [-0.25, -0.2) is 4.39 Å². The van der Waals surface area contributed by atoms with Crippen molar-refractivity contribution < 1.29 is 14.4 Å². The van der Waals surface area contributed by atoms with Gasteiger partial charge in [0.15, 0.2) is 5.84 Å². The van der Waals surface area contributed by atoms with Gasteiger partial charge in [0.25, 0.3) is 5.91 Å². The molecular weight excluding hydrogens is 225 g/mol.